The fraction of sp³-hybridized carbons (Fsp3) is 0.500. The van der Waals surface area contributed by atoms with E-state index in [4.69, 9.17) is 0 Å². The van der Waals surface area contributed by atoms with Gasteiger partial charge in [0, 0.05) is 10.9 Å². The molecule has 0 saturated heterocycles. The van der Waals surface area contributed by atoms with Crippen LogP contribution in [0.3, 0.4) is 0 Å². The monoisotopic (exact) mass is 209 g/mol. The van der Waals surface area contributed by atoms with Crippen LogP contribution in [-0.2, 0) is 0 Å². The zero-order valence-corrected chi connectivity index (χ0v) is 9.81. The number of nitrogens with one attached hydrogen (secondary N) is 1. The second kappa shape index (κ2) is 6.91. The van der Waals surface area contributed by atoms with Gasteiger partial charge in [0.25, 0.3) is 0 Å². The van der Waals surface area contributed by atoms with Gasteiger partial charge < -0.3 is 5.32 Å². The molecule has 0 aromatic heterocycles. The topological polar surface area (TPSA) is 12.0 Å². The molecule has 2 heteroatoms. The van der Waals surface area contributed by atoms with Gasteiger partial charge in [0.1, 0.15) is 0 Å². The van der Waals surface area contributed by atoms with Gasteiger partial charge in [-0.2, -0.15) is 0 Å². The van der Waals surface area contributed by atoms with Crippen LogP contribution in [0.1, 0.15) is 20.3 Å². The van der Waals surface area contributed by atoms with Crippen molar-refractivity contribution < 1.29 is 0 Å². The summed E-state index contributed by atoms with van der Waals surface area (Å²) in [6, 6.07) is 11.2. The zero-order chi connectivity index (χ0) is 10.2. The predicted octanol–water partition coefficient (Wildman–Crippen LogP) is 3.17. The maximum absolute atomic E-state index is 3.42. The summed E-state index contributed by atoms with van der Waals surface area (Å²) >= 11 is 1.93. The van der Waals surface area contributed by atoms with E-state index < -0.39 is 0 Å². The lowest BCUT2D eigenvalue weighted by molar-refractivity contribution is 0.586. The van der Waals surface area contributed by atoms with Crippen molar-refractivity contribution in [3.05, 3.63) is 30.3 Å². The molecule has 0 heterocycles. The second-order valence-corrected chi connectivity index (χ2v) is 4.79. The van der Waals surface area contributed by atoms with Crippen molar-refractivity contribution in [3.63, 3.8) is 0 Å². The van der Waals surface area contributed by atoms with Gasteiger partial charge in [-0.1, -0.05) is 32.0 Å². The van der Waals surface area contributed by atoms with Gasteiger partial charge >= 0.3 is 0 Å². The quantitative estimate of drug-likeness (QED) is 0.570. The molecule has 0 aliphatic rings. The van der Waals surface area contributed by atoms with E-state index in [9.17, 15) is 0 Å². The number of hydrogen-bond donors (Lipinski definition) is 1. The molecule has 0 atom stereocenters. The number of benzene rings is 1. The molecular weight excluding hydrogens is 190 g/mol. The highest BCUT2D eigenvalue weighted by Crippen LogP contribution is 2.17. The Kier molecular flexibility index (Phi) is 5.72. The lowest BCUT2D eigenvalue weighted by Crippen LogP contribution is -2.23. The Morgan fingerprint density at radius 2 is 1.93 bits per heavy atom. The first-order valence-electron chi connectivity index (χ1n) is 5.20. The van der Waals surface area contributed by atoms with E-state index in [2.05, 4.69) is 49.5 Å². The van der Waals surface area contributed by atoms with Crippen molar-refractivity contribution in [2.45, 2.75) is 31.2 Å². The van der Waals surface area contributed by atoms with Crippen molar-refractivity contribution in [3.8, 4) is 0 Å². The highest BCUT2D eigenvalue weighted by molar-refractivity contribution is 7.99. The lowest BCUT2D eigenvalue weighted by Gasteiger charge is -2.07. The molecular formula is C12H19NS. The van der Waals surface area contributed by atoms with Crippen LogP contribution in [0.25, 0.3) is 0 Å². The van der Waals surface area contributed by atoms with Crippen LogP contribution in [-0.4, -0.2) is 18.3 Å². The average Bonchev–Trinajstić information content (AvgIpc) is 2.18. The Balaban J connectivity index is 2.05. The first kappa shape index (κ1) is 11.6. The van der Waals surface area contributed by atoms with E-state index in [1.165, 1.54) is 17.1 Å². The van der Waals surface area contributed by atoms with Gasteiger partial charge in [-0.15, -0.1) is 11.8 Å². The van der Waals surface area contributed by atoms with E-state index in [1.54, 1.807) is 0 Å². The third-order valence-corrected chi connectivity index (χ3v) is 2.98. The van der Waals surface area contributed by atoms with E-state index in [0.29, 0.717) is 6.04 Å². The Bertz CT molecular complexity index is 233. The van der Waals surface area contributed by atoms with Crippen LogP contribution in [0, 0.1) is 0 Å². The fourth-order valence-electron chi connectivity index (χ4n) is 1.17. The Morgan fingerprint density at radius 1 is 1.21 bits per heavy atom. The minimum Gasteiger partial charge on any atom is -0.315 e. The van der Waals surface area contributed by atoms with Crippen LogP contribution in [0.5, 0.6) is 0 Å². The molecule has 0 unspecified atom stereocenters. The fourth-order valence-corrected chi connectivity index (χ4v) is 2.04. The molecule has 0 aliphatic heterocycles. The maximum atomic E-state index is 3.42. The van der Waals surface area contributed by atoms with Gasteiger partial charge in [0.2, 0.25) is 0 Å². The minimum absolute atomic E-state index is 0.608. The van der Waals surface area contributed by atoms with Gasteiger partial charge in [-0.05, 0) is 30.9 Å². The molecule has 0 aliphatic carbocycles. The normalized spacial score (nSPS) is 10.8. The van der Waals surface area contributed by atoms with Crippen molar-refractivity contribution >= 4 is 11.8 Å². The smallest absolute Gasteiger partial charge is 0.00719 e. The molecule has 0 spiro atoms. The van der Waals surface area contributed by atoms with Crippen LogP contribution >= 0.6 is 11.8 Å². The molecule has 78 valence electrons. The molecule has 1 N–H and O–H groups in total. The van der Waals surface area contributed by atoms with Gasteiger partial charge in [-0.25, -0.2) is 0 Å². The van der Waals surface area contributed by atoms with Crippen LogP contribution < -0.4 is 5.32 Å². The van der Waals surface area contributed by atoms with E-state index in [1.807, 2.05) is 11.8 Å². The number of thioether (sulfide) groups is 1. The van der Waals surface area contributed by atoms with Crippen LogP contribution in [0.15, 0.2) is 35.2 Å². The standard InChI is InChI=1S/C12H19NS/c1-11(2)13-9-6-10-14-12-7-4-3-5-8-12/h3-5,7-8,11,13H,6,9-10H2,1-2H3. The Morgan fingerprint density at radius 3 is 2.57 bits per heavy atom. The van der Waals surface area contributed by atoms with Crippen molar-refractivity contribution in [2.24, 2.45) is 0 Å². The maximum Gasteiger partial charge on any atom is 0.00719 e. The van der Waals surface area contributed by atoms with Crippen molar-refractivity contribution in [2.75, 3.05) is 12.3 Å². The van der Waals surface area contributed by atoms with Crippen molar-refractivity contribution in [1.82, 2.24) is 5.32 Å². The summed E-state index contributed by atoms with van der Waals surface area (Å²) in [5, 5.41) is 3.42. The summed E-state index contributed by atoms with van der Waals surface area (Å²) in [6.45, 7) is 5.49. The van der Waals surface area contributed by atoms with Gasteiger partial charge in [0.15, 0.2) is 0 Å². The first-order valence-corrected chi connectivity index (χ1v) is 6.19. The van der Waals surface area contributed by atoms with Gasteiger partial charge in [0.05, 0.1) is 0 Å². The molecule has 0 saturated carbocycles. The van der Waals surface area contributed by atoms with Crippen molar-refractivity contribution in [1.29, 1.82) is 0 Å². The van der Waals surface area contributed by atoms with E-state index >= 15 is 0 Å². The molecule has 14 heavy (non-hydrogen) atoms. The van der Waals surface area contributed by atoms with Gasteiger partial charge in [-0.3, -0.25) is 0 Å². The molecule has 1 rings (SSSR count). The molecule has 0 fully saturated rings. The molecule has 0 amide bonds. The lowest BCUT2D eigenvalue weighted by atomic mass is 10.4. The summed E-state index contributed by atoms with van der Waals surface area (Å²) in [6.07, 6.45) is 1.23. The first-order chi connectivity index (χ1) is 6.79. The zero-order valence-electron chi connectivity index (χ0n) is 8.99. The summed E-state index contributed by atoms with van der Waals surface area (Å²) in [5.74, 6) is 1.20. The summed E-state index contributed by atoms with van der Waals surface area (Å²) in [4.78, 5) is 1.37. The van der Waals surface area contributed by atoms with Crippen LogP contribution in [0.2, 0.25) is 0 Å². The van der Waals surface area contributed by atoms with Crippen LogP contribution in [0.4, 0.5) is 0 Å². The number of rotatable bonds is 6. The number of hydrogen-bond acceptors (Lipinski definition) is 2. The third kappa shape index (κ3) is 5.30. The Hall–Kier alpha value is -0.470. The summed E-state index contributed by atoms with van der Waals surface area (Å²) in [7, 11) is 0. The second-order valence-electron chi connectivity index (χ2n) is 3.62. The summed E-state index contributed by atoms with van der Waals surface area (Å²) < 4.78 is 0. The highest BCUT2D eigenvalue weighted by atomic mass is 32.2. The Labute approximate surface area is 91.3 Å². The van der Waals surface area contributed by atoms with E-state index in [-0.39, 0.29) is 0 Å². The largest absolute Gasteiger partial charge is 0.315 e. The minimum atomic E-state index is 0.608. The van der Waals surface area contributed by atoms with E-state index in [0.717, 1.165) is 6.54 Å². The average molecular weight is 209 g/mol. The molecule has 1 nitrogen and oxygen atoms in total. The molecule has 1 aromatic rings. The highest BCUT2D eigenvalue weighted by Gasteiger charge is 1.94. The predicted molar refractivity (Wildman–Crippen MR) is 64.9 cm³/mol. The molecule has 1 aromatic carbocycles. The molecule has 0 bridgehead atoms. The SMILES string of the molecule is CC(C)NCCCSc1ccccc1. The molecule has 0 radical (unpaired) electrons. The summed E-state index contributed by atoms with van der Waals surface area (Å²) in [5.41, 5.74) is 0. The third-order valence-electron chi connectivity index (χ3n) is 1.89.